The zero-order valence-electron chi connectivity index (χ0n) is 23.7. The van der Waals surface area contributed by atoms with Crippen molar-refractivity contribution in [3.63, 3.8) is 0 Å². The normalized spacial score (nSPS) is 12.4. The smallest absolute Gasteiger partial charge is 0.228 e. The van der Waals surface area contributed by atoms with E-state index in [0.29, 0.717) is 44.3 Å². The molecule has 0 unspecified atom stereocenters. The Hall–Kier alpha value is -5.52. The van der Waals surface area contributed by atoms with Crippen LogP contribution in [0.2, 0.25) is 10.0 Å². The van der Waals surface area contributed by atoms with Gasteiger partial charge in [0, 0.05) is 16.1 Å². The van der Waals surface area contributed by atoms with Crippen molar-refractivity contribution in [2.75, 3.05) is 0 Å². The molecular weight excluding hydrogens is 599 g/mol. The molecule has 0 bridgehead atoms. The number of fused-ring (bicyclic) bond motifs is 3. The lowest BCUT2D eigenvalue weighted by Crippen LogP contribution is -2.28. The first kappa shape index (κ1) is 28.3. The molecule has 4 nitrogen and oxygen atoms in total. The van der Waals surface area contributed by atoms with E-state index in [9.17, 15) is 5.26 Å². The van der Waals surface area contributed by atoms with Crippen LogP contribution in [-0.4, -0.2) is 0 Å². The van der Waals surface area contributed by atoms with Crippen molar-refractivity contribution < 1.29 is 9.47 Å². The van der Waals surface area contributed by atoms with Gasteiger partial charge >= 0.3 is 0 Å². The molecule has 6 aromatic carbocycles. The van der Waals surface area contributed by atoms with Crippen molar-refractivity contribution in [2.45, 2.75) is 5.41 Å². The highest BCUT2D eigenvalue weighted by Gasteiger charge is 2.45. The lowest BCUT2D eigenvalue weighted by molar-refractivity contribution is 0.480. The van der Waals surface area contributed by atoms with Crippen LogP contribution in [0.4, 0.5) is 5.69 Å². The van der Waals surface area contributed by atoms with E-state index >= 15 is 0 Å². The topological polar surface area (TPSA) is 46.6 Å². The highest BCUT2D eigenvalue weighted by atomic mass is 35.5. The van der Waals surface area contributed by atoms with Gasteiger partial charge in [-0.1, -0.05) is 108 Å². The van der Waals surface area contributed by atoms with Crippen molar-refractivity contribution in [2.24, 2.45) is 0 Å². The summed E-state index contributed by atoms with van der Waals surface area (Å²) in [7, 11) is 0. The number of nitrogens with zero attached hydrogens (tertiary/aromatic N) is 2. The van der Waals surface area contributed by atoms with Crippen LogP contribution in [0.15, 0.2) is 133 Å². The molecule has 45 heavy (non-hydrogen) atoms. The van der Waals surface area contributed by atoms with E-state index in [1.54, 1.807) is 36.4 Å². The minimum absolute atomic E-state index is 0.389. The van der Waals surface area contributed by atoms with Gasteiger partial charge in [-0.2, -0.15) is 5.26 Å². The van der Waals surface area contributed by atoms with Gasteiger partial charge in [-0.05, 0) is 75.8 Å². The molecule has 7 rings (SSSR count). The number of benzene rings is 6. The average molecular weight is 622 g/mol. The van der Waals surface area contributed by atoms with Gasteiger partial charge in [0.2, 0.25) is 5.69 Å². The molecule has 0 saturated heterocycles. The first-order chi connectivity index (χ1) is 22.0. The third-order valence-corrected chi connectivity index (χ3v) is 8.56. The fourth-order valence-electron chi connectivity index (χ4n) is 6.16. The largest absolute Gasteiger partial charge is 0.468 e. The monoisotopic (exact) mass is 620 g/mol. The Morgan fingerprint density at radius 1 is 0.600 bits per heavy atom. The van der Waals surface area contributed by atoms with E-state index in [1.165, 1.54) is 22.3 Å². The highest BCUT2D eigenvalue weighted by Crippen LogP contribution is 2.56. The van der Waals surface area contributed by atoms with E-state index in [4.69, 9.17) is 39.2 Å². The molecule has 0 heterocycles. The van der Waals surface area contributed by atoms with Crippen molar-refractivity contribution >= 4 is 28.9 Å². The molecule has 0 fully saturated rings. The number of rotatable bonds is 6. The second-order valence-electron chi connectivity index (χ2n) is 10.6. The lowest BCUT2D eigenvalue weighted by atomic mass is 9.68. The number of halogens is 2. The van der Waals surface area contributed by atoms with E-state index in [2.05, 4.69) is 83.7 Å². The zero-order chi connectivity index (χ0) is 31.0. The number of ether oxygens (including phenoxy) is 2. The van der Waals surface area contributed by atoms with Gasteiger partial charge in [-0.25, -0.2) is 4.85 Å². The zero-order valence-corrected chi connectivity index (χ0v) is 25.2. The SMILES string of the molecule is [C-]#[N+]c1ccc(Cl)cc1Oc1ccc(C2(c3ccc(Oc4cc(Cl)ccc4C#N)cc3)c3ccccc3-c3ccccc32)cc1. The van der Waals surface area contributed by atoms with Crippen LogP contribution in [-0.2, 0) is 5.41 Å². The molecule has 0 radical (unpaired) electrons. The summed E-state index contributed by atoms with van der Waals surface area (Å²) in [6.07, 6.45) is 0. The Balaban J connectivity index is 1.34. The fraction of sp³-hybridized carbons (Fsp3) is 0.0256. The van der Waals surface area contributed by atoms with Gasteiger partial charge in [0.1, 0.15) is 29.1 Å². The molecule has 0 atom stereocenters. The highest BCUT2D eigenvalue weighted by molar-refractivity contribution is 6.31. The van der Waals surface area contributed by atoms with Crippen molar-refractivity contribution in [3.8, 4) is 40.2 Å². The predicted molar refractivity (Wildman–Crippen MR) is 178 cm³/mol. The van der Waals surface area contributed by atoms with Gasteiger partial charge in [0.15, 0.2) is 0 Å². The summed E-state index contributed by atoms with van der Waals surface area (Å²) in [5.74, 6) is 2.00. The molecular formula is C39H22Cl2N2O2. The number of hydrogen-bond acceptors (Lipinski definition) is 3. The summed E-state index contributed by atoms with van der Waals surface area (Å²) in [6, 6.07) is 45.1. The molecule has 214 valence electrons. The lowest BCUT2D eigenvalue weighted by Gasteiger charge is -2.34. The Bertz CT molecular complexity index is 2000. The Kier molecular flexibility index (Phi) is 7.24. The molecule has 0 N–H and O–H groups in total. The van der Waals surface area contributed by atoms with E-state index in [0.717, 1.165) is 11.1 Å². The van der Waals surface area contributed by atoms with E-state index < -0.39 is 5.41 Å². The molecule has 0 saturated carbocycles. The van der Waals surface area contributed by atoms with Crippen LogP contribution in [0.1, 0.15) is 27.8 Å². The van der Waals surface area contributed by atoms with Crippen LogP contribution in [0.3, 0.4) is 0 Å². The molecule has 1 aliphatic carbocycles. The minimum Gasteiger partial charge on any atom is -0.468 e. The summed E-state index contributed by atoms with van der Waals surface area (Å²) >= 11 is 12.4. The van der Waals surface area contributed by atoms with Gasteiger partial charge in [0.05, 0.1) is 17.6 Å². The molecule has 0 spiro atoms. The Morgan fingerprint density at radius 2 is 1.09 bits per heavy atom. The Labute approximate surface area is 271 Å². The fourth-order valence-corrected chi connectivity index (χ4v) is 6.48. The van der Waals surface area contributed by atoms with Crippen LogP contribution in [0, 0.1) is 17.9 Å². The Morgan fingerprint density at radius 3 is 1.62 bits per heavy atom. The molecule has 0 aromatic heterocycles. The summed E-state index contributed by atoms with van der Waals surface area (Å²) < 4.78 is 12.3. The van der Waals surface area contributed by atoms with Gasteiger partial charge in [-0.3, -0.25) is 0 Å². The van der Waals surface area contributed by atoms with Crippen LogP contribution in [0.25, 0.3) is 16.0 Å². The summed E-state index contributed by atoms with van der Waals surface area (Å²) in [5, 5.41) is 10.6. The van der Waals surface area contributed by atoms with Gasteiger partial charge in [0.25, 0.3) is 0 Å². The minimum atomic E-state index is -0.629. The quantitative estimate of drug-likeness (QED) is 0.174. The molecule has 1 aliphatic rings. The van der Waals surface area contributed by atoms with Crippen molar-refractivity contribution in [3.05, 3.63) is 183 Å². The third kappa shape index (κ3) is 4.88. The third-order valence-electron chi connectivity index (χ3n) is 8.09. The average Bonchev–Trinajstić information content (AvgIpc) is 3.37. The summed E-state index contributed by atoms with van der Waals surface area (Å²) in [4.78, 5) is 3.57. The summed E-state index contributed by atoms with van der Waals surface area (Å²) in [6.45, 7) is 7.51. The number of nitriles is 1. The number of hydrogen-bond donors (Lipinski definition) is 0. The molecule has 0 aliphatic heterocycles. The second kappa shape index (κ2) is 11.5. The molecule has 6 heteroatoms. The molecule has 0 amide bonds. The van der Waals surface area contributed by atoms with Gasteiger partial charge in [-0.15, -0.1) is 0 Å². The maximum absolute atomic E-state index is 9.56. The predicted octanol–water partition coefficient (Wildman–Crippen LogP) is 11.4. The van der Waals surface area contributed by atoms with Crippen LogP contribution in [0.5, 0.6) is 23.0 Å². The van der Waals surface area contributed by atoms with Crippen LogP contribution >= 0.6 is 23.2 Å². The first-order valence-electron chi connectivity index (χ1n) is 14.1. The van der Waals surface area contributed by atoms with Crippen molar-refractivity contribution in [1.82, 2.24) is 0 Å². The standard InChI is InChI=1S/C39H22Cl2N2O2/c1-43-36-21-16-29(41)23-38(36)45-31-19-13-27(14-20-31)39(34-8-4-2-6-32(34)33-7-3-5-9-35(33)39)26-11-17-30(18-12-26)44-37-22-28(40)15-10-25(37)24-42/h2-23H. The maximum atomic E-state index is 9.56. The van der Waals surface area contributed by atoms with Crippen LogP contribution < -0.4 is 9.47 Å². The van der Waals surface area contributed by atoms with E-state index in [1.807, 2.05) is 24.3 Å². The van der Waals surface area contributed by atoms with E-state index in [-0.39, 0.29) is 0 Å². The summed E-state index contributed by atoms with van der Waals surface area (Å²) in [5.41, 5.74) is 6.95. The second-order valence-corrected chi connectivity index (χ2v) is 11.4. The first-order valence-corrected chi connectivity index (χ1v) is 14.9. The van der Waals surface area contributed by atoms with Crippen molar-refractivity contribution in [1.29, 1.82) is 5.26 Å². The maximum Gasteiger partial charge on any atom is 0.228 e. The molecule has 6 aromatic rings. The van der Waals surface area contributed by atoms with Gasteiger partial charge < -0.3 is 9.47 Å².